The summed E-state index contributed by atoms with van der Waals surface area (Å²) in [5.74, 6) is -1.71. The molecule has 0 aliphatic carbocycles. The van der Waals surface area contributed by atoms with E-state index in [1.54, 1.807) is 30.3 Å². The van der Waals surface area contributed by atoms with Crippen LogP contribution in [-0.4, -0.2) is 36.7 Å². The van der Waals surface area contributed by atoms with Gasteiger partial charge in [0.05, 0.1) is 6.61 Å². The van der Waals surface area contributed by atoms with Crippen molar-refractivity contribution in [1.29, 1.82) is 0 Å². The summed E-state index contributed by atoms with van der Waals surface area (Å²) < 4.78 is 4.72. The Morgan fingerprint density at radius 2 is 2.00 bits per heavy atom. The van der Waals surface area contributed by atoms with E-state index < -0.39 is 24.0 Å². The highest BCUT2D eigenvalue weighted by Crippen LogP contribution is 2.09. The molecule has 18 heavy (non-hydrogen) atoms. The summed E-state index contributed by atoms with van der Waals surface area (Å²) in [6.07, 6.45) is 0. The van der Waals surface area contributed by atoms with Crippen LogP contribution in [0, 0.1) is 0 Å². The van der Waals surface area contributed by atoms with E-state index in [1.165, 1.54) is 7.11 Å². The first-order valence-corrected chi connectivity index (χ1v) is 5.39. The highest BCUT2D eigenvalue weighted by atomic mass is 16.5. The Bertz CT molecular complexity index is 408. The van der Waals surface area contributed by atoms with Crippen molar-refractivity contribution in [3.63, 3.8) is 0 Å². The molecule has 0 aromatic heterocycles. The Labute approximate surface area is 105 Å². The zero-order chi connectivity index (χ0) is 13.5. The predicted octanol–water partition coefficient (Wildman–Crippen LogP) is -0.0978. The molecule has 6 heteroatoms. The van der Waals surface area contributed by atoms with Gasteiger partial charge in [-0.1, -0.05) is 30.3 Å². The van der Waals surface area contributed by atoms with Crippen molar-refractivity contribution in [2.75, 3.05) is 13.7 Å². The molecule has 2 unspecified atom stereocenters. The molecule has 1 amide bonds. The van der Waals surface area contributed by atoms with Gasteiger partial charge in [-0.2, -0.15) is 0 Å². The summed E-state index contributed by atoms with van der Waals surface area (Å²) in [6, 6.07) is 6.73. The maximum absolute atomic E-state index is 11.8. The lowest BCUT2D eigenvalue weighted by Crippen LogP contribution is -2.47. The van der Waals surface area contributed by atoms with Crippen LogP contribution < -0.4 is 11.1 Å². The largest absolute Gasteiger partial charge is 0.480 e. The molecule has 6 nitrogen and oxygen atoms in total. The molecule has 0 aliphatic heterocycles. The molecule has 2 atom stereocenters. The van der Waals surface area contributed by atoms with Gasteiger partial charge in [-0.25, -0.2) is 4.79 Å². The average Bonchev–Trinajstić information content (AvgIpc) is 2.38. The van der Waals surface area contributed by atoms with Gasteiger partial charge in [-0.05, 0) is 5.56 Å². The van der Waals surface area contributed by atoms with Gasteiger partial charge >= 0.3 is 5.97 Å². The van der Waals surface area contributed by atoms with E-state index in [4.69, 9.17) is 15.6 Å². The van der Waals surface area contributed by atoms with Crippen molar-refractivity contribution in [1.82, 2.24) is 5.32 Å². The highest BCUT2D eigenvalue weighted by Gasteiger charge is 2.23. The minimum Gasteiger partial charge on any atom is -0.480 e. The van der Waals surface area contributed by atoms with Crippen molar-refractivity contribution in [2.45, 2.75) is 12.1 Å². The normalized spacial score (nSPS) is 13.7. The molecular weight excluding hydrogens is 236 g/mol. The number of ether oxygens (including phenoxy) is 1. The molecule has 4 N–H and O–H groups in total. The van der Waals surface area contributed by atoms with E-state index in [1.807, 2.05) is 0 Å². The second-order valence-electron chi connectivity index (χ2n) is 3.74. The van der Waals surface area contributed by atoms with E-state index in [9.17, 15) is 9.59 Å². The molecule has 1 aromatic carbocycles. The van der Waals surface area contributed by atoms with Crippen LogP contribution in [-0.2, 0) is 14.3 Å². The number of carboxylic acids is 1. The van der Waals surface area contributed by atoms with Crippen molar-refractivity contribution in [3.05, 3.63) is 35.9 Å². The molecule has 1 aromatic rings. The Kier molecular flexibility index (Phi) is 5.29. The second-order valence-corrected chi connectivity index (χ2v) is 3.74. The van der Waals surface area contributed by atoms with E-state index in [2.05, 4.69) is 5.32 Å². The van der Waals surface area contributed by atoms with Gasteiger partial charge < -0.3 is 20.9 Å². The summed E-state index contributed by atoms with van der Waals surface area (Å²) in [7, 11) is 1.36. The van der Waals surface area contributed by atoms with E-state index in [0.29, 0.717) is 5.56 Å². The van der Waals surface area contributed by atoms with E-state index in [0.717, 1.165) is 0 Å². The molecule has 0 heterocycles. The van der Waals surface area contributed by atoms with Gasteiger partial charge in [0.1, 0.15) is 6.04 Å². The number of amides is 1. The topological polar surface area (TPSA) is 102 Å². The van der Waals surface area contributed by atoms with Gasteiger partial charge in [-0.15, -0.1) is 0 Å². The fraction of sp³-hybridized carbons (Fsp3) is 0.333. The number of carbonyl (C=O) groups is 2. The van der Waals surface area contributed by atoms with Gasteiger partial charge in [0.25, 0.3) is 0 Å². The summed E-state index contributed by atoms with van der Waals surface area (Å²) in [6.45, 7) is -0.109. The van der Waals surface area contributed by atoms with Crippen molar-refractivity contribution in [2.24, 2.45) is 5.73 Å². The molecule has 0 aliphatic rings. The van der Waals surface area contributed by atoms with Crippen molar-refractivity contribution < 1.29 is 19.4 Å². The van der Waals surface area contributed by atoms with Crippen LogP contribution >= 0.6 is 0 Å². The minimum atomic E-state index is -1.16. The molecule has 1 rings (SSSR count). The summed E-state index contributed by atoms with van der Waals surface area (Å²) in [4.78, 5) is 22.6. The minimum absolute atomic E-state index is 0.109. The third kappa shape index (κ3) is 3.83. The summed E-state index contributed by atoms with van der Waals surface area (Å²) in [5, 5.41) is 11.2. The van der Waals surface area contributed by atoms with Gasteiger partial charge in [0.15, 0.2) is 6.04 Å². The number of carbonyl (C=O) groups excluding carboxylic acids is 1. The van der Waals surface area contributed by atoms with Crippen LogP contribution in [0.3, 0.4) is 0 Å². The second kappa shape index (κ2) is 6.73. The number of hydrogen-bond acceptors (Lipinski definition) is 4. The number of methoxy groups -OCH3 is 1. The van der Waals surface area contributed by atoms with Crippen LogP contribution in [0.15, 0.2) is 30.3 Å². The van der Waals surface area contributed by atoms with E-state index >= 15 is 0 Å². The molecule has 0 saturated heterocycles. The molecule has 0 saturated carbocycles. The number of hydrogen-bond donors (Lipinski definition) is 3. The van der Waals surface area contributed by atoms with Gasteiger partial charge in [0.2, 0.25) is 5.91 Å². The van der Waals surface area contributed by atoms with Gasteiger partial charge in [-0.3, -0.25) is 4.79 Å². The summed E-state index contributed by atoms with van der Waals surface area (Å²) in [5.41, 5.74) is 6.36. The number of nitrogens with one attached hydrogen (secondary N) is 1. The zero-order valence-corrected chi connectivity index (χ0v) is 10.00. The lowest BCUT2D eigenvalue weighted by atomic mass is 10.1. The van der Waals surface area contributed by atoms with E-state index in [-0.39, 0.29) is 6.61 Å². The highest BCUT2D eigenvalue weighted by molar-refractivity contribution is 5.87. The Hall–Kier alpha value is -1.92. The molecule has 0 radical (unpaired) electrons. The standard InChI is InChI=1S/C12H16N2O4/c1-18-7-9(12(16)17)14-11(15)10(13)8-5-3-2-4-6-8/h2-6,9-10H,7,13H2,1H3,(H,14,15)(H,16,17). The average molecular weight is 252 g/mol. The van der Waals surface area contributed by atoms with Crippen LogP contribution in [0.25, 0.3) is 0 Å². The van der Waals surface area contributed by atoms with Crippen LogP contribution in [0.5, 0.6) is 0 Å². The first kappa shape index (κ1) is 14.1. The number of carboxylic acid groups (broad SMARTS) is 1. The van der Waals surface area contributed by atoms with Crippen LogP contribution in [0.4, 0.5) is 0 Å². The number of benzene rings is 1. The van der Waals surface area contributed by atoms with Crippen LogP contribution in [0.1, 0.15) is 11.6 Å². The fourth-order valence-electron chi connectivity index (χ4n) is 1.41. The van der Waals surface area contributed by atoms with Crippen molar-refractivity contribution in [3.8, 4) is 0 Å². The molecule has 0 bridgehead atoms. The lowest BCUT2D eigenvalue weighted by molar-refractivity contribution is -0.143. The first-order valence-electron chi connectivity index (χ1n) is 5.39. The molecule has 98 valence electrons. The number of aliphatic carboxylic acids is 1. The Morgan fingerprint density at radius 3 is 2.50 bits per heavy atom. The zero-order valence-electron chi connectivity index (χ0n) is 10.00. The lowest BCUT2D eigenvalue weighted by Gasteiger charge is -2.17. The van der Waals surface area contributed by atoms with Crippen LogP contribution in [0.2, 0.25) is 0 Å². The fourth-order valence-corrected chi connectivity index (χ4v) is 1.41. The maximum atomic E-state index is 11.8. The SMILES string of the molecule is COCC(NC(=O)C(N)c1ccccc1)C(=O)O. The number of rotatable bonds is 6. The predicted molar refractivity (Wildman–Crippen MR) is 64.8 cm³/mol. The quantitative estimate of drug-likeness (QED) is 0.656. The van der Waals surface area contributed by atoms with Gasteiger partial charge in [0, 0.05) is 7.11 Å². The van der Waals surface area contributed by atoms with Crippen molar-refractivity contribution >= 4 is 11.9 Å². The summed E-state index contributed by atoms with van der Waals surface area (Å²) >= 11 is 0. The third-order valence-electron chi connectivity index (χ3n) is 2.39. The first-order chi connectivity index (χ1) is 8.56. The monoisotopic (exact) mass is 252 g/mol. The Balaban J connectivity index is 2.67. The number of nitrogens with two attached hydrogens (primary N) is 1. The Morgan fingerprint density at radius 1 is 1.39 bits per heavy atom. The smallest absolute Gasteiger partial charge is 0.328 e. The molecule has 0 spiro atoms. The maximum Gasteiger partial charge on any atom is 0.328 e. The molecular formula is C12H16N2O4. The third-order valence-corrected chi connectivity index (χ3v) is 2.39. The molecule has 0 fully saturated rings.